The zero-order chi connectivity index (χ0) is 54.3. The number of ether oxygens (including phenoxy) is 4. The molecule has 10 fully saturated rings. The fraction of sp³-hybridized carbons (Fsp3) is 0.662. The third-order valence-electron chi connectivity index (χ3n) is 16.6. The minimum absolute atomic E-state index is 0.655. The molecule has 0 amide bonds. The fourth-order valence-electron chi connectivity index (χ4n) is 11.8. The number of hydrogen-bond acceptors (Lipinski definition) is 14. The quantitative estimate of drug-likeness (QED) is 0.128. The molecule has 6 unspecified atom stereocenters. The van der Waals surface area contributed by atoms with Gasteiger partial charge >= 0.3 is 0 Å². The average Bonchev–Trinajstić information content (AvgIpc) is 4.41. The molecule has 0 radical (unpaired) electrons. The Hall–Kier alpha value is -3.58. The molecule has 8 N–H and O–H groups in total. The summed E-state index contributed by atoms with van der Waals surface area (Å²) in [6.45, 7) is 27.3. The summed E-state index contributed by atoms with van der Waals surface area (Å²) in [5, 5.41) is 26.4. The van der Waals surface area contributed by atoms with Gasteiger partial charge in [0.25, 0.3) is 0 Å². The SMILES string of the molecule is C1=CCNC=C1.C1CC2CNCC1N2.C1CC2COCC2CN1.C1CCN2CCOCC2C1.C1CCNCC1.C1CN2CCOCC2CN1.C1CNCCN1.c1ccc2c(c1)CCC2.c1ccc2c(c1)COC2.c1ccccc1. The van der Waals surface area contributed by atoms with Crippen LogP contribution < -0.4 is 42.5 Å². The molecule has 2 bridgehead atoms. The summed E-state index contributed by atoms with van der Waals surface area (Å²) in [5.41, 5.74) is 5.82. The van der Waals surface area contributed by atoms with E-state index in [-0.39, 0.29) is 0 Å². The largest absolute Gasteiger partial charge is 0.387 e. The first-order chi connectivity index (χ1) is 39.3. The van der Waals surface area contributed by atoms with Gasteiger partial charge in [0.05, 0.1) is 46.2 Å². The highest BCUT2D eigenvalue weighted by Crippen LogP contribution is 2.25. The highest BCUT2D eigenvalue weighted by molar-refractivity contribution is 5.30. The number of morpholine rings is 2. The van der Waals surface area contributed by atoms with Gasteiger partial charge in [-0.2, -0.15) is 0 Å². The van der Waals surface area contributed by atoms with Gasteiger partial charge in [-0.1, -0.05) is 110 Å². The number of allylic oxidation sites excluding steroid dienone is 2. The molecule has 79 heavy (non-hydrogen) atoms. The second kappa shape index (κ2) is 40.6. The minimum Gasteiger partial charge on any atom is -0.387 e. The summed E-state index contributed by atoms with van der Waals surface area (Å²) in [5.74, 6) is 1.71. The van der Waals surface area contributed by atoms with Crippen molar-refractivity contribution in [1.82, 2.24) is 52.3 Å². The molecule has 0 aromatic heterocycles. The van der Waals surface area contributed by atoms with Crippen LogP contribution in [0.15, 0.2) is 109 Å². The van der Waals surface area contributed by atoms with Crippen LogP contribution in [0.5, 0.6) is 0 Å². The Kier molecular flexibility index (Phi) is 32.4. The first-order valence-electron chi connectivity index (χ1n) is 31.3. The van der Waals surface area contributed by atoms with Crippen molar-refractivity contribution in [3.63, 3.8) is 0 Å². The summed E-state index contributed by atoms with van der Waals surface area (Å²) in [4.78, 5) is 5.09. The van der Waals surface area contributed by atoms with Gasteiger partial charge in [-0.25, -0.2) is 0 Å². The molecule has 14 heteroatoms. The van der Waals surface area contributed by atoms with E-state index in [1.165, 1.54) is 147 Å². The van der Waals surface area contributed by atoms with E-state index in [0.717, 1.165) is 135 Å². The molecule has 3 aromatic carbocycles. The lowest BCUT2D eigenvalue weighted by Gasteiger charge is -2.39. The smallest absolute Gasteiger partial charge is 0.0724 e. The topological polar surface area (TPSA) is 140 Å². The van der Waals surface area contributed by atoms with E-state index in [4.69, 9.17) is 18.9 Å². The lowest BCUT2D eigenvalue weighted by Crippen LogP contribution is -2.56. The molecule has 3 aromatic rings. The number of dihydropyridines is 1. The average molecular weight is 1090 g/mol. The summed E-state index contributed by atoms with van der Waals surface area (Å²) < 4.78 is 21.3. The lowest BCUT2D eigenvalue weighted by molar-refractivity contribution is -0.0231. The molecule has 0 spiro atoms. The maximum absolute atomic E-state index is 5.40. The van der Waals surface area contributed by atoms with Gasteiger partial charge in [-0.3, -0.25) is 9.80 Å². The summed E-state index contributed by atoms with van der Waals surface area (Å²) in [6, 6.07) is 32.1. The maximum Gasteiger partial charge on any atom is 0.0724 e. The van der Waals surface area contributed by atoms with Crippen LogP contribution in [0.4, 0.5) is 0 Å². The van der Waals surface area contributed by atoms with Gasteiger partial charge in [-0.15, -0.1) is 0 Å². The molecular weight excluding hydrogens is 985 g/mol. The zero-order valence-corrected chi connectivity index (χ0v) is 48.5. The fourth-order valence-corrected chi connectivity index (χ4v) is 11.8. The van der Waals surface area contributed by atoms with Crippen LogP contribution in [0.3, 0.4) is 0 Å². The van der Waals surface area contributed by atoms with Crippen LogP contribution in [0, 0.1) is 11.8 Å². The van der Waals surface area contributed by atoms with E-state index in [0.29, 0.717) is 6.04 Å². The highest BCUT2D eigenvalue weighted by Gasteiger charge is 2.30. The second-order valence-electron chi connectivity index (χ2n) is 22.6. The molecule has 6 atom stereocenters. The van der Waals surface area contributed by atoms with Crippen molar-refractivity contribution >= 4 is 0 Å². The van der Waals surface area contributed by atoms with Gasteiger partial charge in [0.1, 0.15) is 0 Å². The van der Waals surface area contributed by atoms with Crippen molar-refractivity contribution in [2.24, 2.45) is 11.8 Å². The van der Waals surface area contributed by atoms with E-state index in [2.05, 4.69) is 94.8 Å². The Bertz CT molecular complexity index is 1750. The van der Waals surface area contributed by atoms with E-state index in [1.54, 1.807) is 11.1 Å². The first kappa shape index (κ1) is 63.0. The van der Waals surface area contributed by atoms with Gasteiger partial charge < -0.3 is 61.5 Å². The molecular formula is C65H106N10O4. The van der Waals surface area contributed by atoms with Crippen LogP contribution in [-0.2, 0) is 45.0 Å². The summed E-state index contributed by atoms with van der Waals surface area (Å²) >= 11 is 0. The van der Waals surface area contributed by atoms with Gasteiger partial charge in [0, 0.05) is 116 Å². The summed E-state index contributed by atoms with van der Waals surface area (Å²) in [7, 11) is 0. The Morgan fingerprint density at radius 1 is 0.392 bits per heavy atom. The Morgan fingerprint density at radius 3 is 1.49 bits per heavy atom. The van der Waals surface area contributed by atoms with E-state index in [1.807, 2.05) is 66.9 Å². The number of nitrogens with one attached hydrogen (secondary N) is 8. The Labute approximate surface area is 478 Å². The number of nitrogens with zero attached hydrogens (tertiary/aromatic N) is 2. The Balaban J connectivity index is 0.000000128. The monoisotopic (exact) mass is 1090 g/mol. The predicted octanol–water partition coefficient (Wildman–Crippen LogP) is 6.29. The van der Waals surface area contributed by atoms with Crippen LogP contribution >= 0.6 is 0 Å². The number of benzene rings is 3. The molecule has 440 valence electrons. The predicted molar refractivity (Wildman–Crippen MR) is 326 cm³/mol. The van der Waals surface area contributed by atoms with Crippen molar-refractivity contribution in [3.05, 3.63) is 132 Å². The van der Waals surface area contributed by atoms with Crippen LogP contribution in [0.2, 0.25) is 0 Å². The van der Waals surface area contributed by atoms with E-state index < -0.39 is 0 Å². The molecule has 16 rings (SSSR count). The maximum atomic E-state index is 5.40. The van der Waals surface area contributed by atoms with Crippen molar-refractivity contribution in [3.8, 4) is 0 Å². The van der Waals surface area contributed by atoms with E-state index >= 15 is 0 Å². The standard InChI is InChI=1S/C9H10.C8H15NO.C8H8O.C7H14N2O.C7H13NO.C6H12N2.C6H6.C5H11N.C5H7N.C4H10N2/c1-2-5-9-7-3-6-8(9)4-1;1-2-4-9-5-6-10-7-8(9)3-1;1-2-4-8-6-9-5-7(8)3-1;1-2-9-3-4-10-6-7(9)5-8-1;1-2-8-3-7-5-9-4-6(1)7;1-2-6-4-7-3-5(1)8-6;3*1-2-4-6-5-3-1;1-2-6-4-3-5-1/h1-2,4-5H,3,6-7H2;8H,1-7H2;1-4H,5-6H2;7-8H,1-6H2;6-8H,1-5H2;5-8H,1-4H2;1-6H;6H,1-5H2;1-4,6H,5H2;5-6H,1-4H2. The minimum atomic E-state index is 0.655. The van der Waals surface area contributed by atoms with Gasteiger partial charge in [0.2, 0.25) is 0 Å². The first-order valence-corrected chi connectivity index (χ1v) is 31.3. The molecule has 10 saturated heterocycles. The molecule has 13 aliphatic rings. The normalized spacial score (nSPS) is 27.5. The zero-order valence-electron chi connectivity index (χ0n) is 48.5. The van der Waals surface area contributed by atoms with Crippen LogP contribution in [0.25, 0.3) is 0 Å². The second-order valence-corrected chi connectivity index (χ2v) is 22.6. The molecule has 1 aliphatic carbocycles. The van der Waals surface area contributed by atoms with Crippen molar-refractivity contribution in [1.29, 1.82) is 0 Å². The molecule has 12 aliphatic heterocycles. The molecule has 12 heterocycles. The highest BCUT2D eigenvalue weighted by atomic mass is 16.5. The third-order valence-corrected chi connectivity index (χ3v) is 16.6. The third kappa shape index (κ3) is 26.0. The van der Waals surface area contributed by atoms with Crippen molar-refractivity contribution in [2.45, 2.75) is 114 Å². The van der Waals surface area contributed by atoms with Crippen molar-refractivity contribution < 1.29 is 18.9 Å². The number of rotatable bonds is 0. The molecule has 0 saturated carbocycles. The Morgan fingerprint density at radius 2 is 0.987 bits per heavy atom. The summed E-state index contributed by atoms with van der Waals surface area (Å²) in [6.07, 6.45) is 24.4. The number of fused-ring (bicyclic) bond motifs is 7. The van der Waals surface area contributed by atoms with Crippen LogP contribution in [-0.4, -0.2) is 185 Å². The van der Waals surface area contributed by atoms with Gasteiger partial charge in [0.15, 0.2) is 0 Å². The lowest BCUT2D eigenvalue weighted by atomic mass is 9.90. The number of hydrogen-bond donors (Lipinski definition) is 8. The van der Waals surface area contributed by atoms with Gasteiger partial charge in [-0.05, 0) is 137 Å². The van der Waals surface area contributed by atoms with Crippen molar-refractivity contribution in [2.75, 3.05) is 151 Å². The number of piperidine rings is 3. The number of piperazine rings is 3. The van der Waals surface area contributed by atoms with Crippen LogP contribution in [0.1, 0.15) is 86.5 Å². The number of aryl methyl sites for hydroxylation is 2. The van der Waals surface area contributed by atoms with E-state index in [9.17, 15) is 0 Å². The molecule has 14 nitrogen and oxygen atoms in total.